The quantitative estimate of drug-likeness (QED) is 0.503. The van der Waals surface area contributed by atoms with E-state index in [2.05, 4.69) is 0 Å². The molecule has 0 radical (unpaired) electrons. The molecule has 1 saturated heterocycles. The van der Waals surface area contributed by atoms with E-state index in [0.29, 0.717) is 13.1 Å². The maximum absolute atomic E-state index is 11.7. The van der Waals surface area contributed by atoms with Crippen molar-refractivity contribution in [1.82, 2.24) is 10.5 Å². The molecule has 0 amide bonds. The monoisotopic (exact) mass is 136 g/mol. The van der Waals surface area contributed by atoms with Crippen LogP contribution in [0.5, 0.6) is 0 Å². The third-order valence-electron chi connectivity index (χ3n) is 1.55. The van der Waals surface area contributed by atoms with E-state index in [-0.39, 0.29) is 0 Å². The van der Waals surface area contributed by atoms with E-state index in [1.807, 2.05) is 0 Å². The smallest absolute Gasteiger partial charge is 0.0980 e. The average molecular weight is 136 g/mol. The van der Waals surface area contributed by atoms with Crippen LogP contribution in [0.2, 0.25) is 0 Å². The summed E-state index contributed by atoms with van der Waals surface area (Å²) in [6.07, 6.45) is 2.87. The second kappa shape index (κ2) is 3.08. The van der Waals surface area contributed by atoms with Gasteiger partial charge < -0.3 is 0 Å². The Morgan fingerprint density at radius 1 is 1.00 bits per heavy atom. The molecule has 54 valence electrons. The summed E-state index contributed by atoms with van der Waals surface area (Å²) in [5.41, 5.74) is -0.806. The summed E-state index contributed by atoms with van der Waals surface area (Å²) in [4.78, 5) is 0. The molecule has 2 nitrogen and oxygen atoms in total. The molecule has 0 bridgehead atoms. The second-order valence-electron chi connectivity index (χ2n) is 2.23. The van der Waals surface area contributed by atoms with Crippen LogP contribution in [0, 0.1) is 0 Å². The van der Waals surface area contributed by atoms with E-state index >= 15 is 0 Å². The molecule has 4 heteroatoms. The molecule has 9 heavy (non-hydrogen) atoms. The first kappa shape index (κ1) is 6.89. The van der Waals surface area contributed by atoms with Gasteiger partial charge in [0, 0.05) is 13.1 Å². The molecular formula is C5H10F2N2. The number of halogens is 2. The number of piperidine rings is 1. The molecule has 0 aromatic heterocycles. The molecule has 0 aliphatic carbocycles. The Hall–Kier alpha value is -0.220. The molecule has 1 heterocycles. The highest BCUT2D eigenvalue weighted by atomic mass is 19.4. The van der Waals surface area contributed by atoms with Crippen LogP contribution in [0.4, 0.5) is 8.96 Å². The number of hydrogen-bond acceptors (Lipinski definition) is 2. The summed E-state index contributed by atoms with van der Waals surface area (Å²) >= 11 is 0. The van der Waals surface area contributed by atoms with E-state index < -0.39 is 5.45 Å². The van der Waals surface area contributed by atoms with Crippen molar-refractivity contribution >= 4 is 0 Å². The molecular weight excluding hydrogens is 126 g/mol. The minimum atomic E-state index is -0.806. The Balaban J connectivity index is 2.23. The normalized spacial score (nSPS) is 23.0. The fourth-order valence-corrected chi connectivity index (χ4v) is 1.03. The van der Waals surface area contributed by atoms with Crippen LogP contribution in [0.3, 0.4) is 0 Å². The van der Waals surface area contributed by atoms with Crippen molar-refractivity contribution in [3.63, 3.8) is 0 Å². The number of hydrogen-bond donors (Lipinski definition) is 0. The van der Waals surface area contributed by atoms with Gasteiger partial charge in [-0.2, -0.15) is 5.01 Å². The SMILES string of the molecule is FN(F)N1CCCCC1. The van der Waals surface area contributed by atoms with Gasteiger partial charge in [0.2, 0.25) is 0 Å². The van der Waals surface area contributed by atoms with Crippen molar-refractivity contribution in [2.75, 3.05) is 13.1 Å². The van der Waals surface area contributed by atoms with E-state index in [9.17, 15) is 8.96 Å². The highest BCUT2D eigenvalue weighted by molar-refractivity contribution is 4.56. The van der Waals surface area contributed by atoms with Crippen molar-refractivity contribution in [1.29, 1.82) is 0 Å². The molecule has 1 rings (SSSR count). The van der Waals surface area contributed by atoms with Gasteiger partial charge in [-0.1, -0.05) is 15.4 Å². The Labute approximate surface area is 52.9 Å². The van der Waals surface area contributed by atoms with Crippen molar-refractivity contribution < 1.29 is 8.96 Å². The van der Waals surface area contributed by atoms with Gasteiger partial charge in [-0.3, -0.25) is 0 Å². The van der Waals surface area contributed by atoms with Gasteiger partial charge in [0.05, 0.1) is 5.45 Å². The van der Waals surface area contributed by atoms with Gasteiger partial charge in [0.25, 0.3) is 0 Å². The average Bonchev–Trinajstić information content (AvgIpc) is 1.90. The maximum atomic E-state index is 11.7. The Morgan fingerprint density at radius 3 is 1.89 bits per heavy atom. The standard InChI is InChI=1S/C5H10F2N2/c6-9(7)8-4-2-1-3-5-8/h1-5H2. The zero-order valence-electron chi connectivity index (χ0n) is 5.19. The fraction of sp³-hybridized carbons (Fsp3) is 1.00. The number of nitrogens with zero attached hydrogens (tertiary/aromatic N) is 2. The molecule has 1 fully saturated rings. The first-order valence-corrected chi connectivity index (χ1v) is 3.17. The van der Waals surface area contributed by atoms with Gasteiger partial charge in [-0.05, 0) is 12.8 Å². The number of rotatable bonds is 1. The van der Waals surface area contributed by atoms with E-state index in [1.165, 1.54) is 0 Å². The van der Waals surface area contributed by atoms with Crippen molar-refractivity contribution in [3.8, 4) is 0 Å². The minimum absolute atomic E-state index is 0.507. The summed E-state index contributed by atoms with van der Waals surface area (Å²) in [7, 11) is 0. The third kappa shape index (κ3) is 1.87. The van der Waals surface area contributed by atoms with Gasteiger partial charge in [-0.25, -0.2) is 0 Å². The summed E-state index contributed by atoms with van der Waals surface area (Å²) in [5.74, 6) is 0. The molecule has 0 saturated carbocycles. The first-order valence-electron chi connectivity index (χ1n) is 3.17. The Morgan fingerprint density at radius 2 is 1.56 bits per heavy atom. The van der Waals surface area contributed by atoms with Crippen LogP contribution in [-0.2, 0) is 0 Å². The lowest BCUT2D eigenvalue weighted by Crippen LogP contribution is -2.36. The van der Waals surface area contributed by atoms with Crippen LogP contribution >= 0.6 is 0 Å². The van der Waals surface area contributed by atoms with Crippen molar-refractivity contribution in [3.05, 3.63) is 0 Å². The number of hydrazine groups is 1. The Kier molecular flexibility index (Phi) is 2.36. The molecule has 0 atom stereocenters. The first-order chi connectivity index (χ1) is 4.30. The predicted octanol–water partition coefficient (Wildman–Crippen LogP) is 1.46. The fourth-order valence-electron chi connectivity index (χ4n) is 1.03. The summed E-state index contributed by atoms with van der Waals surface area (Å²) in [6, 6.07) is 0. The molecule has 0 unspecified atom stereocenters. The van der Waals surface area contributed by atoms with Gasteiger partial charge >= 0.3 is 0 Å². The van der Waals surface area contributed by atoms with Crippen molar-refractivity contribution in [2.45, 2.75) is 19.3 Å². The molecule has 0 spiro atoms. The molecule has 0 aromatic carbocycles. The minimum Gasteiger partial charge on any atom is -0.185 e. The van der Waals surface area contributed by atoms with E-state index in [1.54, 1.807) is 0 Å². The lowest BCUT2D eigenvalue weighted by Gasteiger charge is -2.24. The summed E-state index contributed by atoms with van der Waals surface area (Å²) < 4.78 is 23.4. The topological polar surface area (TPSA) is 6.48 Å². The second-order valence-corrected chi connectivity index (χ2v) is 2.23. The van der Waals surface area contributed by atoms with Crippen molar-refractivity contribution in [2.24, 2.45) is 0 Å². The van der Waals surface area contributed by atoms with Gasteiger partial charge in [-0.15, -0.1) is 0 Å². The van der Waals surface area contributed by atoms with Gasteiger partial charge in [0.1, 0.15) is 0 Å². The van der Waals surface area contributed by atoms with Crippen LogP contribution in [0.1, 0.15) is 19.3 Å². The Bertz CT molecular complexity index is 81.0. The van der Waals surface area contributed by atoms with Crippen LogP contribution in [0.15, 0.2) is 0 Å². The zero-order chi connectivity index (χ0) is 6.69. The third-order valence-corrected chi connectivity index (χ3v) is 1.55. The van der Waals surface area contributed by atoms with E-state index in [0.717, 1.165) is 24.3 Å². The van der Waals surface area contributed by atoms with Crippen LogP contribution in [0.25, 0.3) is 0 Å². The highest BCUT2D eigenvalue weighted by Gasteiger charge is 2.16. The zero-order valence-corrected chi connectivity index (χ0v) is 5.19. The largest absolute Gasteiger partial charge is 0.185 e. The molecule has 1 aliphatic heterocycles. The van der Waals surface area contributed by atoms with Crippen LogP contribution < -0.4 is 0 Å². The molecule has 0 N–H and O–H groups in total. The van der Waals surface area contributed by atoms with Crippen LogP contribution in [-0.4, -0.2) is 23.6 Å². The highest BCUT2D eigenvalue weighted by Crippen LogP contribution is 2.11. The summed E-state index contributed by atoms with van der Waals surface area (Å²) in [5, 5.41) is 1.06. The lowest BCUT2D eigenvalue weighted by molar-refractivity contribution is -0.305. The van der Waals surface area contributed by atoms with E-state index in [4.69, 9.17) is 0 Å². The maximum Gasteiger partial charge on any atom is 0.0980 e. The molecule has 1 aliphatic rings. The predicted molar refractivity (Wildman–Crippen MR) is 29.5 cm³/mol. The summed E-state index contributed by atoms with van der Waals surface area (Å²) in [6.45, 7) is 1.01. The lowest BCUT2D eigenvalue weighted by atomic mass is 10.2. The van der Waals surface area contributed by atoms with Gasteiger partial charge in [0.15, 0.2) is 0 Å². The molecule has 0 aromatic rings.